The standard InChI is InChI=1S/C14H23BrN4O/c1-10(2)8-19-13(20)12(15)11(7-17-19)18-6-5-16-9-14(18,3)4/h7,10,16H,5-6,8-9H2,1-4H3. The summed E-state index contributed by atoms with van der Waals surface area (Å²) in [5.41, 5.74) is 0.811. The van der Waals surface area contributed by atoms with Gasteiger partial charge in [0.1, 0.15) is 4.47 Å². The molecule has 2 rings (SSSR count). The SMILES string of the molecule is CC(C)Cn1ncc(N2CCNCC2(C)C)c(Br)c1=O. The summed E-state index contributed by atoms with van der Waals surface area (Å²) in [7, 11) is 0. The molecule has 0 unspecified atom stereocenters. The molecule has 0 radical (unpaired) electrons. The van der Waals surface area contributed by atoms with E-state index in [-0.39, 0.29) is 11.1 Å². The maximum absolute atomic E-state index is 12.4. The number of nitrogens with zero attached hydrogens (tertiary/aromatic N) is 3. The van der Waals surface area contributed by atoms with Gasteiger partial charge in [0, 0.05) is 31.7 Å². The highest BCUT2D eigenvalue weighted by molar-refractivity contribution is 9.10. The number of anilines is 1. The van der Waals surface area contributed by atoms with Crippen molar-refractivity contribution >= 4 is 21.6 Å². The molecule has 0 spiro atoms. The van der Waals surface area contributed by atoms with Crippen LogP contribution in [0.4, 0.5) is 5.69 Å². The Morgan fingerprint density at radius 3 is 2.80 bits per heavy atom. The van der Waals surface area contributed by atoms with Gasteiger partial charge in [0.2, 0.25) is 0 Å². The highest BCUT2D eigenvalue weighted by atomic mass is 79.9. The molecule has 6 heteroatoms. The first-order chi connectivity index (χ1) is 9.33. The van der Waals surface area contributed by atoms with Crippen LogP contribution in [0.5, 0.6) is 0 Å². The van der Waals surface area contributed by atoms with Crippen LogP contribution >= 0.6 is 15.9 Å². The van der Waals surface area contributed by atoms with Gasteiger partial charge in [-0.1, -0.05) is 13.8 Å². The summed E-state index contributed by atoms with van der Waals surface area (Å²) in [6, 6.07) is 0. The van der Waals surface area contributed by atoms with Gasteiger partial charge in [-0.25, -0.2) is 4.68 Å². The maximum Gasteiger partial charge on any atom is 0.283 e. The van der Waals surface area contributed by atoms with E-state index in [1.165, 1.54) is 4.68 Å². The van der Waals surface area contributed by atoms with Crippen LogP contribution in [-0.4, -0.2) is 35.0 Å². The number of hydrogen-bond donors (Lipinski definition) is 1. The molecule has 20 heavy (non-hydrogen) atoms. The molecule has 0 aliphatic carbocycles. The van der Waals surface area contributed by atoms with E-state index in [9.17, 15) is 4.79 Å². The summed E-state index contributed by atoms with van der Waals surface area (Å²) in [4.78, 5) is 14.6. The first-order valence-corrected chi connectivity index (χ1v) is 7.86. The van der Waals surface area contributed by atoms with Gasteiger partial charge in [-0.3, -0.25) is 4.79 Å². The molecule has 1 aliphatic rings. The quantitative estimate of drug-likeness (QED) is 0.910. The number of rotatable bonds is 3. The fourth-order valence-corrected chi connectivity index (χ4v) is 3.07. The van der Waals surface area contributed by atoms with Crippen molar-refractivity contribution in [2.75, 3.05) is 24.5 Å². The predicted octanol–water partition coefficient (Wildman–Crippen LogP) is 1.85. The molecule has 1 fully saturated rings. The van der Waals surface area contributed by atoms with E-state index in [1.807, 2.05) is 0 Å². The molecule has 0 saturated carbocycles. The van der Waals surface area contributed by atoms with E-state index in [0.29, 0.717) is 16.9 Å². The van der Waals surface area contributed by atoms with Crippen LogP contribution in [0.15, 0.2) is 15.5 Å². The third-order valence-electron chi connectivity index (χ3n) is 3.60. The molecule has 1 aromatic rings. The van der Waals surface area contributed by atoms with Gasteiger partial charge in [-0.2, -0.15) is 5.10 Å². The van der Waals surface area contributed by atoms with Crippen molar-refractivity contribution in [3.63, 3.8) is 0 Å². The van der Waals surface area contributed by atoms with Crippen LogP contribution in [0.1, 0.15) is 27.7 Å². The van der Waals surface area contributed by atoms with E-state index < -0.39 is 0 Å². The molecular formula is C14H23BrN4O. The molecule has 0 atom stereocenters. The van der Waals surface area contributed by atoms with Gasteiger partial charge >= 0.3 is 0 Å². The van der Waals surface area contributed by atoms with Gasteiger partial charge in [0.25, 0.3) is 5.56 Å². The van der Waals surface area contributed by atoms with E-state index >= 15 is 0 Å². The first-order valence-electron chi connectivity index (χ1n) is 7.07. The first kappa shape index (κ1) is 15.5. The van der Waals surface area contributed by atoms with Crippen LogP contribution < -0.4 is 15.8 Å². The lowest BCUT2D eigenvalue weighted by atomic mass is 9.99. The zero-order valence-electron chi connectivity index (χ0n) is 12.6. The zero-order chi connectivity index (χ0) is 14.9. The molecule has 1 N–H and O–H groups in total. The topological polar surface area (TPSA) is 50.2 Å². The van der Waals surface area contributed by atoms with Crippen LogP contribution in [-0.2, 0) is 6.54 Å². The van der Waals surface area contributed by atoms with E-state index in [4.69, 9.17) is 0 Å². The van der Waals surface area contributed by atoms with Gasteiger partial charge in [0.05, 0.1) is 11.9 Å². The molecule has 0 aromatic carbocycles. The second kappa shape index (κ2) is 5.85. The summed E-state index contributed by atoms with van der Waals surface area (Å²) < 4.78 is 2.15. The van der Waals surface area contributed by atoms with Crippen LogP contribution in [0, 0.1) is 5.92 Å². The second-order valence-corrected chi connectivity index (χ2v) is 7.16. The number of aromatic nitrogens is 2. The number of hydrogen-bond acceptors (Lipinski definition) is 4. The molecule has 1 saturated heterocycles. The molecule has 0 bridgehead atoms. The number of piperazine rings is 1. The van der Waals surface area contributed by atoms with Gasteiger partial charge in [-0.05, 0) is 35.7 Å². The van der Waals surface area contributed by atoms with Crippen molar-refractivity contribution in [1.29, 1.82) is 0 Å². The fourth-order valence-electron chi connectivity index (χ4n) is 2.55. The predicted molar refractivity (Wildman–Crippen MR) is 85.3 cm³/mol. The highest BCUT2D eigenvalue weighted by Gasteiger charge is 2.31. The summed E-state index contributed by atoms with van der Waals surface area (Å²) >= 11 is 3.47. The Morgan fingerprint density at radius 2 is 2.20 bits per heavy atom. The zero-order valence-corrected chi connectivity index (χ0v) is 14.2. The third-order valence-corrected chi connectivity index (χ3v) is 4.34. The molecule has 1 aromatic heterocycles. The van der Waals surface area contributed by atoms with E-state index in [2.05, 4.69) is 58.9 Å². The Labute approximate surface area is 128 Å². The normalized spacial score (nSPS) is 18.6. The molecule has 0 amide bonds. The van der Waals surface area contributed by atoms with Crippen molar-refractivity contribution in [2.24, 2.45) is 5.92 Å². The lowest BCUT2D eigenvalue weighted by molar-refractivity contribution is 0.378. The van der Waals surface area contributed by atoms with Crippen LogP contribution in [0.3, 0.4) is 0 Å². The van der Waals surface area contributed by atoms with Gasteiger partial charge < -0.3 is 10.2 Å². The van der Waals surface area contributed by atoms with Gasteiger partial charge in [-0.15, -0.1) is 0 Å². The molecule has 1 aliphatic heterocycles. The summed E-state index contributed by atoms with van der Waals surface area (Å²) in [5.74, 6) is 0.397. The molecule has 5 nitrogen and oxygen atoms in total. The monoisotopic (exact) mass is 342 g/mol. The number of nitrogens with one attached hydrogen (secondary N) is 1. The minimum Gasteiger partial charge on any atom is -0.361 e. The van der Waals surface area contributed by atoms with Crippen LogP contribution in [0.25, 0.3) is 0 Å². The average Bonchev–Trinajstić information content (AvgIpc) is 2.35. The largest absolute Gasteiger partial charge is 0.361 e. The van der Waals surface area contributed by atoms with E-state index in [1.54, 1.807) is 6.20 Å². The van der Waals surface area contributed by atoms with Crippen molar-refractivity contribution in [3.05, 3.63) is 21.0 Å². The Kier molecular flexibility index (Phi) is 4.54. The highest BCUT2D eigenvalue weighted by Crippen LogP contribution is 2.29. The molecule has 112 valence electrons. The summed E-state index contributed by atoms with van der Waals surface area (Å²) in [6.07, 6.45) is 1.81. The molecular weight excluding hydrogens is 320 g/mol. The summed E-state index contributed by atoms with van der Waals surface area (Å²) in [6.45, 7) is 11.8. The second-order valence-electron chi connectivity index (χ2n) is 6.37. The maximum atomic E-state index is 12.4. The minimum absolute atomic E-state index is 0.0286. The summed E-state index contributed by atoms with van der Waals surface area (Å²) in [5, 5.41) is 7.72. The Morgan fingerprint density at radius 1 is 1.50 bits per heavy atom. The lowest BCUT2D eigenvalue weighted by Gasteiger charge is -2.44. The Bertz CT molecular complexity index is 538. The van der Waals surface area contributed by atoms with Gasteiger partial charge in [0.15, 0.2) is 0 Å². The Balaban J connectivity index is 2.38. The van der Waals surface area contributed by atoms with Crippen LogP contribution in [0.2, 0.25) is 0 Å². The third kappa shape index (κ3) is 3.06. The fraction of sp³-hybridized carbons (Fsp3) is 0.714. The smallest absolute Gasteiger partial charge is 0.283 e. The van der Waals surface area contributed by atoms with Crippen molar-refractivity contribution in [1.82, 2.24) is 15.1 Å². The van der Waals surface area contributed by atoms with Crippen molar-refractivity contribution < 1.29 is 0 Å². The van der Waals surface area contributed by atoms with E-state index in [0.717, 1.165) is 25.3 Å². The number of halogens is 1. The molecule has 2 heterocycles. The minimum atomic E-state index is -0.0504. The Hall–Kier alpha value is -0.880. The average molecular weight is 343 g/mol. The lowest BCUT2D eigenvalue weighted by Crippen LogP contribution is -2.58. The van der Waals surface area contributed by atoms with Crippen molar-refractivity contribution in [2.45, 2.75) is 39.8 Å². The van der Waals surface area contributed by atoms with Crippen molar-refractivity contribution in [3.8, 4) is 0 Å².